The van der Waals surface area contributed by atoms with Crippen LogP contribution in [0.1, 0.15) is 13.3 Å². The lowest BCUT2D eigenvalue weighted by Gasteiger charge is -2.01. The summed E-state index contributed by atoms with van der Waals surface area (Å²) in [6.45, 7) is 3.08. The molecular weight excluding hydrogens is 320 g/mol. The molecule has 2 rings (SSSR count). The van der Waals surface area contributed by atoms with Crippen molar-refractivity contribution < 1.29 is 0 Å². The molecule has 5 heteroatoms. The van der Waals surface area contributed by atoms with Crippen molar-refractivity contribution >= 4 is 44.0 Å². The minimum atomic E-state index is 0.715. The Morgan fingerprint density at radius 1 is 1.47 bits per heavy atom. The smallest absolute Gasteiger partial charge is 0.183 e. The van der Waals surface area contributed by atoms with Crippen molar-refractivity contribution in [1.29, 1.82) is 0 Å². The fraction of sp³-hybridized carbons (Fsp3) is 0.250. The molecule has 2 nitrogen and oxygen atoms in total. The largest absolute Gasteiger partial charge is 0.362 e. The molecule has 0 saturated heterocycles. The second kappa shape index (κ2) is 5.85. The summed E-state index contributed by atoms with van der Waals surface area (Å²) < 4.78 is 0.978. The van der Waals surface area contributed by atoms with Gasteiger partial charge in [-0.2, -0.15) is 0 Å². The van der Waals surface area contributed by atoms with Gasteiger partial charge >= 0.3 is 0 Å². The molecule has 0 saturated carbocycles. The Bertz CT molecular complexity index is 513. The Labute approximate surface area is 118 Å². The van der Waals surface area contributed by atoms with Crippen molar-refractivity contribution in [2.24, 2.45) is 0 Å². The van der Waals surface area contributed by atoms with Crippen LogP contribution >= 0.6 is 38.9 Å². The number of nitrogens with one attached hydrogen (secondary N) is 1. The summed E-state index contributed by atoms with van der Waals surface area (Å²) >= 11 is 11.2. The molecule has 0 unspecified atom stereocenters. The lowest BCUT2D eigenvalue weighted by Crippen LogP contribution is -1.98. The number of thiazole rings is 1. The summed E-state index contributed by atoms with van der Waals surface area (Å²) in [6.07, 6.45) is 1.09. The third kappa shape index (κ3) is 3.21. The number of nitrogens with zero attached hydrogens (tertiary/aromatic N) is 1. The summed E-state index contributed by atoms with van der Waals surface area (Å²) in [5.41, 5.74) is 1.89. The number of hydrogen-bond acceptors (Lipinski definition) is 3. The fourth-order valence-corrected chi connectivity index (χ4v) is 2.92. The van der Waals surface area contributed by atoms with E-state index in [0.29, 0.717) is 5.02 Å². The van der Waals surface area contributed by atoms with Crippen LogP contribution in [0.2, 0.25) is 5.02 Å². The van der Waals surface area contributed by atoms with E-state index in [-0.39, 0.29) is 0 Å². The highest BCUT2D eigenvalue weighted by Crippen LogP contribution is 2.32. The van der Waals surface area contributed by atoms with Crippen LogP contribution in [0.3, 0.4) is 0 Å². The molecule has 1 N–H and O–H groups in total. The molecule has 2 aromatic rings. The van der Waals surface area contributed by atoms with E-state index in [1.54, 1.807) is 11.3 Å². The molecule has 0 fully saturated rings. The molecule has 90 valence electrons. The molecule has 0 aliphatic rings. The Morgan fingerprint density at radius 3 is 3.00 bits per heavy atom. The van der Waals surface area contributed by atoms with Crippen LogP contribution in [-0.4, -0.2) is 11.5 Å². The van der Waals surface area contributed by atoms with Gasteiger partial charge in [0.15, 0.2) is 5.13 Å². The van der Waals surface area contributed by atoms with Crippen LogP contribution < -0.4 is 5.32 Å². The SMILES string of the molecule is CCCNc1nc(-c2ccc(Br)cc2Cl)cs1. The van der Waals surface area contributed by atoms with E-state index in [4.69, 9.17) is 11.6 Å². The van der Waals surface area contributed by atoms with Gasteiger partial charge in [-0.1, -0.05) is 40.5 Å². The zero-order valence-electron chi connectivity index (χ0n) is 9.34. The lowest BCUT2D eigenvalue weighted by molar-refractivity contribution is 0.976. The summed E-state index contributed by atoms with van der Waals surface area (Å²) in [7, 11) is 0. The maximum Gasteiger partial charge on any atom is 0.183 e. The van der Waals surface area contributed by atoms with Gasteiger partial charge in [0.2, 0.25) is 0 Å². The van der Waals surface area contributed by atoms with Crippen molar-refractivity contribution in [2.45, 2.75) is 13.3 Å². The maximum absolute atomic E-state index is 6.19. The molecule has 17 heavy (non-hydrogen) atoms. The second-order valence-corrected chi connectivity index (χ2v) is 5.77. The Kier molecular flexibility index (Phi) is 4.42. The zero-order chi connectivity index (χ0) is 12.3. The van der Waals surface area contributed by atoms with Gasteiger partial charge in [0, 0.05) is 22.0 Å². The first kappa shape index (κ1) is 12.9. The van der Waals surface area contributed by atoms with E-state index in [1.807, 2.05) is 23.6 Å². The molecule has 0 amide bonds. The van der Waals surface area contributed by atoms with Gasteiger partial charge in [-0.3, -0.25) is 0 Å². The Morgan fingerprint density at radius 2 is 2.29 bits per heavy atom. The van der Waals surface area contributed by atoms with Gasteiger partial charge in [0.25, 0.3) is 0 Å². The topological polar surface area (TPSA) is 24.9 Å². The minimum Gasteiger partial charge on any atom is -0.362 e. The monoisotopic (exact) mass is 330 g/mol. The van der Waals surface area contributed by atoms with Gasteiger partial charge in [-0.05, 0) is 18.6 Å². The van der Waals surface area contributed by atoms with Crippen LogP contribution in [0.4, 0.5) is 5.13 Å². The molecule has 0 aliphatic heterocycles. The van der Waals surface area contributed by atoms with Crippen LogP contribution in [-0.2, 0) is 0 Å². The summed E-state index contributed by atoms with van der Waals surface area (Å²) in [4.78, 5) is 4.52. The molecule has 0 spiro atoms. The summed E-state index contributed by atoms with van der Waals surface area (Å²) in [6, 6.07) is 5.83. The highest BCUT2D eigenvalue weighted by atomic mass is 79.9. The zero-order valence-corrected chi connectivity index (χ0v) is 12.5. The number of aromatic nitrogens is 1. The Balaban J connectivity index is 2.24. The normalized spacial score (nSPS) is 10.5. The van der Waals surface area contributed by atoms with Crippen LogP contribution in [0.5, 0.6) is 0 Å². The van der Waals surface area contributed by atoms with Crippen molar-refractivity contribution in [3.63, 3.8) is 0 Å². The first-order valence-corrected chi connectivity index (χ1v) is 7.40. The highest BCUT2D eigenvalue weighted by Gasteiger charge is 2.08. The summed E-state index contributed by atoms with van der Waals surface area (Å²) in [5.74, 6) is 0. The Hall–Kier alpha value is -0.580. The number of hydrogen-bond donors (Lipinski definition) is 1. The van der Waals surface area contributed by atoms with Crippen molar-refractivity contribution in [3.05, 3.63) is 33.1 Å². The summed E-state index contributed by atoms with van der Waals surface area (Å²) in [5, 5.41) is 6.95. The van der Waals surface area contributed by atoms with E-state index >= 15 is 0 Å². The predicted molar refractivity (Wildman–Crippen MR) is 79.0 cm³/mol. The van der Waals surface area contributed by atoms with Gasteiger partial charge in [-0.15, -0.1) is 11.3 Å². The third-order valence-electron chi connectivity index (χ3n) is 2.24. The molecule has 0 aliphatic carbocycles. The van der Waals surface area contributed by atoms with E-state index in [9.17, 15) is 0 Å². The van der Waals surface area contributed by atoms with Crippen LogP contribution in [0, 0.1) is 0 Å². The van der Waals surface area contributed by atoms with Gasteiger partial charge < -0.3 is 5.32 Å². The van der Waals surface area contributed by atoms with Crippen LogP contribution in [0.25, 0.3) is 11.3 Å². The van der Waals surface area contributed by atoms with E-state index in [2.05, 4.69) is 33.2 Å². The number of anilines is 1. The van der Waals surface area contributed by atoms with E-state index in [1.165, 1.54) is 0 Å². The van der Waals surface area contributed by atoms with E-state index < -0.39 is 0 Å². The third-order valence-corrected chi connectivity index (χ3v) is 3.84. The average molecular weight is 332 g/mol. The van der Waals surface area contributed by atoms with Gasteiger partial charge in [0.05, 0.1) is 10.7 Å². The first-order valence-electron chi connectivity index (χ1n) is 5.35. The highest BCUT2D eigenvalue weighted by molar-refractivity contribution is 9.10. The van der Waals surface area contributed by atoms with Crippen molar-refractivity contribution in [2.75, 3.05) is 11.9 Å². The first-order chi connectivity index (χ1) is 8.20. The van der Waals surface area contributed by atoms with Gasteiger partial charge in [0.1, 0.15) is 0 Å². The standard InChI is InChI=1S/C12H12BrClN2S/c1-2-5-15-12-16-11(7-17-12)9-4-3-8(13)6-10(9)14/h3-4,6-7H,2,5H2,1H3,(H,15,16). The molecule has 0 bridgehead atoms. The number of halogens is 2. The molecule has 1 aromatic heterocycles. The molecular formula is C12H12BrClN2S. The van der Waals surface area contributed by atoms with Crippen LogP contribution in [0.15, 0.2) is 28.1 Å². The molecule has 0 radical (unpaired) electrons. The molecule has 1 aromatic carbocycles. The average Bonchev–Trinajstić information content (AvgIpc) is 2.75. The van der Waals surface area contributed by atoms with Crippen molar-refractivity contribution in [3.8, 4) is 11.3 Å². The van der Waals surface area contributed by atoms with Gasteiger partial charge in [-0.25, -0.2) is 4.98 Å². The second-order valence-electron chi connectivity index (χ2n) is 3.59. The fourth-order valence-electron chi connectivity index (χ4n) is 1.41. The lowest BCUT2D eigenvalue weighted by atomic mass is 10.2. The molecule has 1 heterocycles. The maximum atomic E-state index is 6.19. The number of benzene rings is 1. The number of rotatable bonds is 4. The van der Waals surface area contributed by atoms with E-state index in [0.717, 1.165) is 33.8 Å². The predicted octanol–water partition coefficient (Wildman–Crippen LogP) is 5.05. The molecule has 0 atom stereocenters. The minimum absolute atomic E-state index is 0.715. The quantitative estimate of drug-likeness (QED) is 0.848. The van der Waals surface area contributed by atoms with Crippen molar-refractivity contribution in [1.82, 2.24) is 4.98 Å².